The van der Waals surface area contributed by atoms with Gasteiger partial charge in [0.1, 0.15) is 0 Å². The Labute approximate surface area is 96.2 Å². The number of sulfonamides is 1. The van der Waals surface area contributed by atoms with Gasteiger partial charge in [0, 0.05) is 24.7 Å². The quantitative estimate of drug-likeness (QED) is 0.652. The summed E-state index contributed by atoms with van der Waals surface area (Å²) in [6.07, 6.45) is 2.48. The molecule has 0 aromatic rings. The first-order valence-electron chi connectivity index (χ1n) is 4.46. The summed E-state index contributed by atoms with van der Waals surface area (Å²) in [7, 11) is -1.48. The molecular formula is C8H18ClNO2S2. The molecule has 0 spiro atoms. The second-order valence-electron chi connectivity index (χ2n) is 3.18. The Morgan fingerprint density at radius 2 is 2.07 bits per heavy atom. The molecule has 0 aromatic heterocycles. The van der Waals surface area contributed by atoms with Crippen LogP contribution in [0.4, 0.5) is 0 Å². The molecule has 0 saturated heterocycles. The highest BCUT2D eigenvalue weighted by Crippen LogP contribution is 2.10. The lowest BCUT2D eigenvalue weighted by Crippen LogP contribution is -2.38. The summed E-state index contributed by atoms with van der Waals surface area (Å²) in [5.74, 6) is 1.35. The van der Waals surface area contributed by atoms with E-state index in [1.165, 1.54) is 4.31 Å². The Balaban J connectivity index is 4.27. The van der Waals surface area contributed by atoms with E-state index in [0.29, 0.717) is 12.3 Å². The average molecular weight is 260 g/mol. The summed E-state index contributed by atoms with van der Waals surface area (Å²) < 4.78 is 24.8. The third kappa shape index (κ3) is 4.87. The van der Waals surface area contributed by atoms with Gasteiger partial charge >= 0.3 is 0 Å². The van der Waals surface area contributed by atoms with E-state index in [4.69, 9.17) is 11.6 Å². The minimum Gasteiger partial charge on any atom is -0.212 e. The second-order valence-corrected chi connectivity index (χ2v) is 6.62. The van der Waals surface area contributed by atoms with Crippen LogP contribution in [0, 0.1) is 0 Å². The summed E-state index contributed by atoms with van der Waals surface area (Å²) in [6.45, 7) is 1.91. The van der Waals surface area contributed by atoms with E-state index < -0.39 is 10.0 Å². The average Bonchev–Trinajstić information content (AvgIpc) is 2.14. The van der Waals surface area contributed by atoms with Crippen LogP contribution in [0.15, 0.2) is 0 Å². The fourth-order valence-electron chi connectivity index (χ4n) is 1.00. The third-order valence-corrected chi connectivity index (χ3v) is 5.13. The minimum atomic E-state index is -3.11. The highest BCUT2D eigenvalue weighted by molar-refractivity contribution is 7.98. The minimum absolute atomic E-state index is 0.0466. The first-order valence-corrected chi connectivity index (χ1v) is 8.00. The number of alkyl halides is 1. The van der Waals surface area contributed by atoms with Crippen molar-refractivity contribution in [1.29, 1.82) is 0 Å². The highest BCUT2D eigenvalue weighted by Gasteiger charge is 2.21. The van der Waals surface area contributed by atoms with E-state index in [0.717, 1.165) is 5.75 Å². The monoisotopic (exact) mass is 259 g/mol. The number of hydrogen-bond donors (Lipinski definition) is 0. The molecule has 0 bridgehead atoms. The molecule has 1 atom stereocenters. The number of rotatable bonds is 7. The lowest BCUT2D eigenvalue weighted by molar-refractivity contribution is 0.415. The molecule has 14 heavy (non-hydrogen) atoms. The van der Waals surface area contributed by atoms with Crippen molar-refractivity contribution in [2.24, 2.45) is 0 Å². The first-order chi connectivity index (χ1) is 6.45. The highest BCUT2D eigenvalue weighted by atomic mass is 35.5. The van der Waals surface area contributed by atoms with Crippen molar-refractivity contribution in [3.8, 4) is 0 Å². The molecule has 0 aliphatic carbocycles. The van der Waals surface area contributed by atoms with Gasteiger partial charge in [0.15, 0.2) is 0 Å². The van der Waals surface area contributed by atoms with Gasteiger partial charge in [-0.05, 0) is 19.6 Å². The van der Waals surface area contributed by atoms with E-state index in [1.807, 2.05) is 13.2 Å². The zero-order valence-electron chi connectivity index (χ0n) is 8.86. The maximum absolute atomic E-state index is 11.7. The third-order valence-electron chi connectivity index (χ3n) is 2.00. The fourth-order valence-corrected chi connectivity index (χ4v) is 3.51. The number of halogens is 1. The standard InChI is InChI=1S/C8H18ClNO2S2/c1-8(7-13-3)10(2)14(11,12)6-4-5-9/h8H,4-7H2,1-3H3. The van der Waals surface area contributed by atoms with Crippen LogP contribution in [0.2, 0.25) is 0 Å². The van der Waals surface area contributed by atoms with E-state index in [1.54, 1.807) is 18.8 Å². The van der Waals surface area contributed by atoms with Crippen molar-refractivity contribution >= 4 is 33.4 Å². The molecule has 0 saturated carbocycles. The summed E-state index contributed by atoms with van der Waals surface area (Å²) in [5, 5.41) is 0. The molecule has 6 heteroatoms. The fraction of sp³-hybridized carbons (Fsp3) is 1.00. The maximum atomic E-state index is 11.7. The van der Waals surface area contributed by atoms with Crippen LogP contribution in [-0.2, 0) is 10.0 Å². The van der Waals surface area contributed by atoms with E-state index >= 15 is 0 Å². The van der Waals surface area contributed by atoms with Crippen molar-refractivity contribution in [2.45, 2.75) is 19.4 Å². The van der Waals surface area contributed by atoms with Crippen LogP contribution >= 0.6 is 23.4 Å². The van der Waals surface area contributed by atoms with Crippen LogP contribution in [-0.4, -0.2) is 49.5 Å². The van der Waals surface area contributed by atoms with Crippen molar-refractivity contribution < 1.29 is 8.42 Å². The maximum Gasteiger partial charge on any atom is 0.214 e. The summed E-state index contributed by atoms with van der Waals surface area (Å²) in [5.41, 5.74) is 0. The summed E-state index contributed by atoms with van der Waals surface area (Å²) >= 11 is 7.11. The van der Waals surface area contributed by atoms with Gasteiger partial charge in [-0.1, -0.05) is 0 Å². The van der Waals surface area contributed by atoms with Crippen molar-refractivity contribution in [3.05, 3.63) is 0 Å². The van der Waals surface area contributed by atoms with Gasteiger partial charge in [-0.15, -0.1) is 11.6 Å². The van der Waals surface area contributed by atoms with Gasteiger partial charge in [-0.3, -0.25) is 0 Å². The van der Waals surface area contributed by atoms with Crippen molar-refractivity contribution in [1.82, 2.24) is 4.31 Å². The topological polar surface area (TPSA) is 37.4 Å². The molecule has 86 valence electrons. The van der Waals surface area contributed by atoms with Crippen LogP contribution in [0.1, 0.15) is 13.3 Å². The Bertz CT molecular complexity index is 244. The van der Waals surface area contributed by atoms with Gasteiger partial charge in [0.2, 0.25) is 10.0 Å². The normalized spacial score (nSPS) is 14.6. The SMILES string of the molecule is CSCC(C)N(C)S(=O)(=O)CCCCl. The van der Waals surface area contributed by atoms with Gasteiger partial charge in [0.05, 0.1) is 5.75 Å². The lowest BCUT2D eigenvalue weighted by atomic mass is 10.4. The van der Waals surface area contributed by atoms with E-state index in [9.17, 15) is 8.42 Å². The van der Waals surface area contributed by atoms with Crippen LogP contribution < -0.4 is 0 Å². The zero-order valence-corrected chi connectivity index (χ0v) is 11.3. The molecule has 0 heterocycles. The van der Waals surface area contributed by atoms with Crippen molar-refractivity contribution in [2.75, 3.05) is 30.7 Å². The largest absolute Gasteiger partial charge is 0.214 e. The predicted molar refractivity (Wildman–Crippen MR) is 64.7 cm³/mol. The predicted octanol–water partition coefficient (Wildman–Crippen LogP) is 1.63. The molecule has 1 unspecified atom stereocenters. The Morgan fingerprint density at radius 3 is 2.50 bits per heavy atom. The number of thioether (sulfide) groups is 1. The molecular weight excluding hydrogens is 242 g/mol. The van der Waals surface area contributed by atoms with Crippen LogP contribution in [0.5, 0.6) is 0 Å². The summed E-state index contributed by atoms with van der Waals surface area (Å²) in [4.78, 5) is 0. The molecule has 0 fully saturated rings. The second kappa shape index (κ2) is 6.93. The Hall–Kier alpha value is 0.550. The van der Waals surface area contributed by atoms with Crippen LogP contribution in [0.25, 0.3) is 0 Å². The van der Waals surface area contributed by atoms with Gasteiger partial charge < -0.3 is 0 Å². The molecule has 0 N–H and O–H groups in total. The molecule has 0 aliphatic heterocycles. The van der Waals surface area contributed by atoms with Gasteiger partial charge in [0.25, 0.3) is 0 Å². The molecule has 0 rings (SSSR count). The number of nitrogens with zero attached hydrogens (tertiary/aromatic N) is 1. The first kappa shape index (κ1) is 14.6. The molecule has 0 radical (unpaired) electrons. The smallest absolute Gasteiger partial charge is 0.212 e. The molecule has 0 aliphatic rings. The molecule has 0 aromatic carbocycles. The van der Waals surface area contributed by atoms with E-state index in [-0.39, 0.29) is 11.8 Å². The molecule has 0 amide bonds. The molecule has 3 nitrogen and oxygen atoms in total. The number of hydrogen-bond acceptors (Lipinski definition) is 3. The Morgan fingerprint density at radius 1 is 1.50 bits per heavy atom. The Kier molecular flexibility index (Phi) is 7.20. The van der Waals surface area contributed by atoms with Gasteiger partial charge in [-0.25, -0.2) is 12.7 Å². The lowest BCUT2D eigenvalue weighted by Gasteiger charge is -2.23. The van der Waals surface area contributed by atoms with Crippen molar-refractivity contribution in [3.63, 3.8) is 0 Å². The van der Waals surface area contributed by atoms with Gasteiger partial charge in [-0.2, -0.15) is 11.8 Å². The zero-order chi connectivity index (χ0) is 11.2. The van der Waals surface area contributed by atoms with E-state index in [2.05, 4.69) is 0 Å². The summed E-state index contributed by atoms with van der Waals surface area (Å²) in [6, 6.07) is 0.0466. The van der Waals surface area contributed by atoms with Crippen LogP contribution in [0.3, 0.4) is 0 Å².